The maximum Gasteiger partial charge on any atom is 0.417 e. The van der Waals surface area contributed by atoms with Crippen LogP contribution in [0.25, 0.3) is 28.0 Å². The quantitative estimate of drug-likeness (QED) is 0.299. The predicted octanol–water partition coefficient (Wildman–Crippen LogP) is 6.95. The molecule has 8 heteroatoms. The molecule has 5 aromatic rings. The van der Waals surface area contributed by atoms with Crippen molar-refractivity contribution in [3.63, 3.8) is 0 Å². The number of aryl methyl sites for hydroxylation is 2. The zero-order valence-corrected chi connectivity index (χ0v) is 19.5. The van der Waals surface area contributed by atoms with Gasteiger partial charge in [0, 0.05) is 34.9 Å². The van der Waals surface area contributed by atoms with Gasteiger partial charge in [-0.05, 0) is 67.9 Å². The number of benzene rings is 2. The number of carbonyl (C=O) groups excluding carboxylic acids is 1. The number of pyridine rings is 2. The van der Waals surface area contributed by atoms with E-state index in [1.807, 2.05) is 36.6 Å². The Morgan fingerprint density at radius 2 is 1.67 bits per heavy atom. The molecule has 0 aliphatic rings. The third kappa shape index (κ3) is 4.33. The Hall–Kier alpha value is -4.46. The summed E-state index contributed by atoms with van der Waals surface area (Å²) in [5.74, 6) is -0.838. The number of aromatic nitrogens is 3. The Balaban J connectivity index is 1.61. The van der Waals surface area contributed by atoms with E-state index in [1.54, 1.807) is 48.8 Å². The van der Waals surface area contributed by atoms with Crippen LogP contribution in [0.2, 0.25) is 0 Å². The molecule has 0 atom stereocenters. The Morgan fingerprint density at radius 3 is 2.39 bits per heavy atom. The maximum atomic E-state index is 13.8. The molecule has 0 saturated heterocycles. The van der Waals surface area contributed by atoms with E-state index in [0.29, 0.717) is 22.5 Å². The first kappa shape index (κ1) is 23.3. The van der Waals surface area contributed by atoms with Crippen LogP contribution in [0.1, 0.15) is 27.2 Å². The average Bonchev–Trinajstić information content (AvgIpc) is 3.29. The van der Waals surface area contributed by atoms with Gasteiger partial charge in [0.25, 0.3) is 5.91 Å². The Morgan fingerprint density at radius 1 is 0.917 bits per heavy atom. The van der Waals surface area contributed by atoms with E-state index in [0.717, 1.165) is 28.6 Å². The number of halogens is 3. The molecule has 36 heavy (non-hydrogen) atoms. The molecule has 3 heterocycles. The number of rotatable bonds is 4. The summed E-state index contributed by atoms with van der Waals surface area (Å²) in [4.78, 5) is 21.9. The first-order valence-electron chi connectivity index (χ1n) is 11.2. The highest BCUT2D eigenvalue weighted by atomic mass is 19.4. The summed E-state index contributed by atoms with van der Waals surface area (Å²) in [5, 5.41) is 2.58. The molecule has 0 unspecified atom stereocenters. The number of imidazole rings is 1. The summed E-state index contributed by atoms with van der Waals surface area (Å²) in [6, 6.07) is 17.8. The molecule has 0 fully saturated rings. The fraction of sp³-hybridized carbons (Fsp3) is 0.107. The molecule has 0 radical (unpaired) electrons. The molecule has 2 aromatic carbocycles. The molecular weight excluding hydrogens is 465 g/mol. The fourth-order valence-corrected chi connectivity index (χ4v) is 4.17. The van der Waals surface area contributed by atoms with Crippen molar-refractivity contribution in [1.82, 2.24) is 14.4 Å². The lowest BCUT2D eigenvalue weighted by Crippen LogP contribution is -2.19. The number of fused-ring (bicyclic) bond motifs is 1. The SMILES string of the molecule is Cc1ccc(NC(=O)c2cc(-c3cccn4c(-c5cccnc5C)cnc34)ccc2C(F)(F)F)cc1. The minimum absolute atomic E-state index is 0.413. The zero-order chi connectivity index (χ0) is 25.4. The molecule has 0 saturated carbocycles. The van der Waals surface area contributed by atoms with Crippen molar-refractivity contribution in [2.75, 3.05) is 5.32 Å². The van der Waals surface area contributed by atoms with E-state index in [9.17, 15) is 18.0 Å². The molecule has 1 amide bonds. The van der Waals surface area contributed by atoms with Crippen molar-refractivity contribution in [3.8, 4) is 22.4 Å². The molecule has 5 rings (SSSR count). The zero-order valence-electron chi connectivity index (χ0n) is 19.5. The van der Waals surface area contributed by atoms with Gasteiger partial charge in [0.05, 0.1) is 23.0 Å². The second-order valence-corrected chi connectivity index (χ2v) is 8.47. The van der Waals surface area contributed by atoms with Crippen LogP contribution < -0.4 is 5.32 Å². The number of alkyl halides is 3. The van der Waals surface area contributed by atoms with Gasteiger partial charge in [-0.3, -0.25) is 14.2 Å². The van der Waals surface area contributed by atoms with E-state index in [-0.39, 0.29) is 0 Å². The van der Waals surface area contributed by atoms with Gasteiger partial charge in [0.1, 0.15) is 5.65 Å². The highest BCUT2D eigenvalue weighted by molar-refractivity contribution is 6.06. The Bertz CT molecular complexity index is 1590. The largest absolute Gasteiger partial charge is 0.417 e. The topological polar surface area (TPSA) is 59.3 Å². The van der Waals surface area contributed by atoms with E-state index in [1.165, 1.54) is 12.1 Å². The van der Waals surface area contributed by atoms with Gasteiger partial charge in [-0.15, -0.1) is 0 Å². The van der Waals surface area contributed by atoms with Crippen LogP contribution in [0.3, 0.4) is 0 Å². The van der Waals surface area contributed by atoms with E-state index >= 15 is 0 Å². The summed E-state index contributed by atoms with van der Waals surface area (Å²) in [6.45, 7) is 3.78. The van der Waals surface area contributed by atoms with Crippen LogP contribution in [0, 0.1) is 13.8 Å². The van der Waals surface area contributed by atoms with Crippen molar-refractivity contribution in [3.05, 3.63) is 108 Å². The molecule has 180 valence electrons. The number of hydrogen-bond acceptors (Lipinski definition) is 3. The molecular formula is C28H21F3N4O. The molecule has 0 aliphatic heterocycles. The number of hydrogen-bond donors (Lipinski definition) is 1. The van der Waals surface area contributed by atoms with Crippen LogP contribution in [0.4, 0.5) is 18.9 Å². The lowest BCUT2D eigenvalue weighted by atomic mass is 9.98. The van der Waals surface area contributed by atoms with E-state index in [2.05, 4.69) is 15.3 Å². The van der Waals surface area contributed by atoms with Crippen LogP contribution in [-0.4, -0.2) is 20.3 Å². The fourth-order valence-electron chi connectivity index (χ4n) is 4.17. The Kier molecular flexibility index (Phi) is 5.80. The minimum atomic E-state index is -4.69. The predicted molar refractivity (Wildman–Crippen MR) is 133 cm³/mol. The highest BCUT2D eigenvalue weighted by Crippen LogP contribution is 2.36. The lowest BCUT2D eigenvalue weighted by molar-refractivity contribution is -0.137. The smallest absolute Gasteiger partial charge is 0.322 e. The summed E-state index contributed by atoms with van der Waals surface area (Å²) >= 11 is 0. The van der Waals surface area contributed by atoms with Crippen molar-refractivity contribution < 1.29 is 18.0 Å². The third-order valence-electron chi connectivity index (χ3n) is 6.01. The molecule has 0 aliphatic carbocycles. The van der Waals surface area contributed by atoms with Crippen LogP contribution in [0.5, 0.6) is 0 Å². The van der Waals surface area contributed by atoms with Crippen LogP contribution in [0.15, 0.2) is 85.3 Å². The summed E-state index contributed by atoms with van der Waals surface area (Å²) in [6.07, 6.45) is 0.558. The number of anilines is 1. The summed E-state index contributed by atoms with van der Waals surface area (Å²) in [5.41, 5.74) is 4.06. The molecule has 5 nitrogen and oxygen atoms in total. The second kappa shape index (κ2) is 8.96. The van der Waals surface area contributed by atoms with Crippen molar-refractivity contribution >= 4 is 17.2 Å². The number of nitrogens with zero attached hydrogens (tertiary/aromatic N) is 3. The molecule has 0 spiro atoms. The van der Waals surface area contributed by atoms with Gasteiger partial charge in [-0.2, -0.15) is 13.2 Å². The number of amides is 1. The van der Waals surface area contributed by atoms with Gasteiger partial charge in [-0.25, -0.2) is 4.98 Å². The van der Waals surface area contributed by atoms with Crippen LogP contribution in [-0.2, 0) is 6.18 Å². The van der Waals surface area contributed by atoms with Gasteiger partial charge in [-0.1, -0.05) is 23.8 Å². The van der Waals surface area contributed by atoms with Gasteiger partial charge < -0.3 is 5.32 Å². The summed E-state index contributed by atoms with van der Waals surface area (Å²) in [7, 11) is 0. The molecule has 1 N–H and O–H groups in total. The first-order valence-corrected chi connectivity index (χ1v) is 11.2. The van der Waals surface area contributed by atoms with Gasteiger partial charge in [0.15, 0.2) is 0 Å². The second-order valence-electron chi connectivity index (χ2n) is 8.47. The first-order chi connectivity index (χ1) is 17.2. The average molecular weight is 486 g/mol. The number of nitrogens with one attached hydrogen (secondary N) is 1. The van der Waals surface area contributed by atoms with Crippen molar-refractivity contribution in [2.45, 2.75) is 20.0 Å². The minimum Gasteiger partial charge on any atom is -0.322 e. The van der Waals surface area contributed by atoms with E-state index < -0.39 is 23.2 Å². The van der Waals surface area contributed by atoms with Crippen molar-refractivity contribution in [2.24, 2.45) is 0 Å². The van der Waals surface area contributed by atoms with Gasteiger partial charge >= 0.3 is 6.18 Å². The van der Waals surface area contributed by atoms with Crippen LogP contribution >= 0.6 is 0 Å². The number of carbonyl (C=O) groups is 1. The Labute approximate surface area is 205 Å². The molecule has 3 aromatic heterocycles. The third-order valence-corrected chi connectivity index (χ3v) is 6.01. The summed E-state index contributed by atoms with van der Waals surface area (Å²) < 4.78 is 43.3. The van der Waals surface area contributed by atoms with Gasteiger partial charge in [0.2, 0.25) is 0 Å². The maximum absolute atomic E-state index is 13.8. The van der Waals surface area contributed by atoms with Crippen molar-refractivity contribution in [1.29, 1.82) is 0 Å². The lowest BCUT2D eigenvalue weighted by Gasteiger charge is -2.15. The van der Waals surface area contributed by atoms with E-state index in [4.69, 9.17) is 0 Å². The highest BCUT2D eigenvalue weighted by Gasteiger charge is 2.35. The normalized spacial score (nSPS) is 11.6. The molecule has 0 bridgehead atoms. The monoisotopic (exact) mass is 486 g/mol. The standard InChI is InChI=1S/C28H21F3N4O/c1-17-7-10-20(11-8-17)34-27(36)23-15-19(9-12-24(23)28(29,30)31)22-6-4-14-35-25(16-33-26(22)35)21-5-3-13-32-18(21)2/h3-16H,1-2H3,(H,34,36).